The number of aromatic nitrogens is 1. The van der Waals surface area contributed by atoms with Crippen LogP contribution in [-0.4, -0.2) is 72.9 Å². The number of sulfonamides is 1. The van der Waals surface area contributed by atoms with Crippen molar-refractivity contribution in [3.8, 4) is 11.3 Å². The number of thiazole rings is 1. The summed E-state index contributed by atoms with van der Waals surface area (Å²) in [5.41, 5.74) is 3.94. The number of amides is 3. The number of hydrogen-bond donors (Lipinski definition) is 3. The number of urea groups is 1. The van der Waals surface area contributed by atoms with Crippen molar-refractivity contribution in [1.82, 2.24) is 14.8 Å². The molecule has 5 rings (SSSR count). The molecular weight excluding hydrogens is 658 g/mol. The summed E-state index contributed by atoms with van der Waals surface area (Å²) in [5.74, 6) is 0.411. The minimum Gasteiger partial charge on any atom is -0.465 e. The molecule has 1 aliphatic rings. The first kappa shape index (κ1) is 34.2. The number of halogens is 1. The molecule has 0 unspecified atom stereocenters. The highest BCUT2D eigenvalue weighted by molar-refractivity contribution is 7.92. The molecule has 1 aliphatic heterocycles. The number of piperidine rings is 1. The third-order valence-electron chi connectivity index (χ3n) is 8.33. The number of benzene rings is 3. The van der Waals surface area contributed by atoms with Crippen LogP contribution in [0.5, 0.6) is 0 Å². The van der Waals surface area contributed by atoms with E-state index in [9.17, 15) is 23.1 Å². The van der Waals surface area contributed by atoms with Crippen molar-refractivity contribution in [2.75, 3.05) is 42.5 Å². The Kier molecular flexibility index (Phi) is 11.4. The van der Waals surface area contributed by atoms with Crippen molar-refractivity contribution in [3.63, 3.8) is 0 Å². The average Bonchev–Trinajstić information content (AvgIpc) is 3.42. The molecule has 1 aromatic heterocycles. The van der Waals surface area contributed by atoms with Crippen molar-refractivity contribution in [2.45, 2.75) is 31.6 Å². The van der Waals surface area contributed by atoms with Gasteiger partial charge in [-0.15, -0.1) is 0 Å². The smallest absolute Gasteiger partial charge is 0.407 e. The molecule has 0 saturated carbocycles. The van der Waals surface area contributed by atoms with E-state index >= 15 is 0 Å². The van der Waals surface area contributed by atoms with Gasteiger partial charge in [0.05, 0.1) is 6.26 Å². The van der Waals surface area contributed by atoms with Gasteiger partial charge in [0.1, 0.15) is 10.0 Å². The zero-order valence-electron chi connectivity index (χ0n) is 26.0. The summed E-state index contributed by atoms with van der Waals surface area (Å²) in [6.45, 7) is 2.01. The first-order valence-electron chi connectivity index (χ1n) is 15.4. The Balaban J connectivity index is 1.31. The maximum atomic E-state index is 13.8. The van der Waals surface area contributed by atoms with Crippen molar-refractivity contribution < 1.29 is 23.1 Å². The number of anilines is 2. The second-order valence-electron chi connectivity index (χ2n) is 11.7. The Bertz CT molecular complexity index is 1710. The lowest BCUT2D eigenvalue weighted by atomic mass is 9.88. The first-order chi connectivity index (χ1) is 22.6. The largest absolute Gasteiger partial charge is 0.465 e. The fourth-order valence-corrected chi connectivity index (χ4v) is 7.50. The molecule has 3 aromatic carbocycles. The molecule has 0 aliphatic carbocycles. The number of nitrogens with zero attached hydrogens (tertiary/aromatic N) is 3. The molecular formula is C34H38ClN5O5S2. The minimum atomic E-state index is -3.41. The van der Waals surface area contributed by atoms with Crippen molar-refractivity contribution >= 4 is 55.9 Å². The first-order valence-corrected chi connectivity index (χ1v) is 18.5. The molecule has 1 fully saturated rings. The highest BCUT2D eigenvalue weighted by Gasteiger charge is 2.25. The van der Waals surface area contributed by atoms with Gasteiger partial charge in [0.2, 0.25) is 10.0 Å². The number of hydrogen-bond acceptors (Lipinski definition) is 6. The zero-order chi connectivity index (χ0) is 33.4. The maximum absolute atomic E-state index is 13.8. The van der Waals surface area contributed by atoms with Crippen LogP contribution in [-0.2, 0) is 10.0 Å². The lowest BCUT2D eigenvalue weighted by Crippen LogP contribution is -2.40. The van der Waals surface area contributed by atoms with Gasteiger partial charge in [-0.05, 0) is 54.9 Å². The molecule has 3 amide bonds. The molecule has 248 valence electrons. The van der Waals surface area contributed by atoms with Gasteiger partial charge >= 0.3 is 12.1 Å². The van der Waals surface area contributed by atoms with Crippen molar-refractivity contribution in [2.24, 2.45) is 5.92 Å². The Labute approximate surface area is 284 Å². The van der Waals surface area contributed by atoms with E-state index in [0.717, 1.165) is 36.9 Å². The van der Waals surface area contributed by atoms with Crippen LogP contribution in [0.1, 0.15) is 42.7 Å². The number of carbonyl (C=O) groups excluding carboxylic acids is 1. The molecule has 47 heavy (non-hydrogen) atoms. The Morgan fingerprint density at radius 1 is 0.979 bits per heavy atom. The van der Waals surface area contributed by atoms with Crippen LogP contribution in [0.15, 0.2) is 84.9 Å². The predicted octanol–water partition coefficient (Wildman–Crippen LogP) is 7.67. The summed E-state index contributed by atoms with van der Waals surface area (Å²) >= 11 is 7.72. The lowest BCUT2D eigenvalue weighted by molar-refractivity contribution is 0.121. The highest BCUT2D eigenvalue weighted by atomic mass is 35.5. The summed E-state index contributed by atoms with van der Waals surface area (Å²) < 4.78 is 26.0. The third-order valence-corrected chi connectivity index (χ3v) is 10.1. The molecule has 13 heteroatoms. The van der Waals surface area contributed by atoms with Crippen LogP contribution < -0.4 is 10.0 Å². The normalized spacial score (nSPS) is 13.8. The zero-order valence-corrected chi connectivity index (χ0v) is 28.4. The van der Waals surface area contributed by atoms with Gasteiger partial charge in [0, 0.05) is 43.3 Å². The van der Waals surface area contributed by atoms with Crippen LogP contribution in [0.25, 0.3) is 11.3 Å². The highest BCUT2D eigenvalue weighted by Crippen LogP contribution is 2.36. The predicted molar refractivity (Wildman–Crippen MR) is 188 cm³/mol. The fourth-order valence-electron chi connectivity index (χ4n) is 5.86. The molecule has 1 saturated heterocycles. The molecule has 3 N–H and O–H groups in total. The van der Waals surface area contributed by atoms with Gasteiger partial charge in [-0.25, -0.2) is 23.0 Å². The van der Waals surface area contributed by atoms with Gasteiger partial charge < -0.3 is 14.9 Å². The number of rotatable bonds is 12. The summed E-state index contributed by atoms with van der Waals surface area (Å²) in [5, 5.41) is 12.7. The summed E-state index contributed by atoms with van der Waals surface area (Å²) in [4.78, 5) is 33.1. The number of carbonyl (C=O) groups is 2. The van der Waals surface area contributed by atoms with E-state index in [-0.39, 0.29) is 11.9 Å². The monoisotopic (exact) mass is 695 g/mol. The fraction of sp³-hybridized carbons (Fsp3) is 0.324. The van der Waals surface area contributed by atoms with Gasteiger partial charge in [-0.1, -0.05) is 95.7 Å². The maximum Gasteiger partial charge on any atom is 0.407 e. The molecule has 2 heterocycles. The molecule has 0 bridgehead atoms. The van der Waals surface area contributed by atoms with Crippen LogP contribution in [0, 0.1) is 5.92 Å². The van der Waals surface area contributed by atoms with Crippen molar-refractivity contribution in [1.29, 1.82) is 0 Å². The SMILES string of the molecule is CS(=O)(=O)Nc1ccc(-c2nc(NC(=O)N(CCC3CCN(C(=O)O)CC3)CCC(c3ccccc3)c3ccccc3)sc2Cl)cc1. The Hall–Kier alpha value is -4.13. The lowest BCUT2D eigenvalue weighted by Gasteiger charge is -2.32. The molecule has 10 nitrogen and oxygen atoms in total. The molecule has 0 spiro atoms. The second kappa shape index (κ2) is 15.6. The Morgan fingerprint density at radius 2 is 1.57 bits per heavy atom. The van der Waals surface area contributed by atoms with Crippen LogP contribution in [0.4, 0.5) is 20.4 Å². The van der Waals surface area contributed by atoms with E-state index in [0.29, 0.717) is 64.9 Å². The quantitative estimate of drug-likeness (QED) is 0.139. The number of nitrogens with one attached hydrogen (secondary N) is 2. The van der Waals surface area contributed by atoms with E-state index < -0.39 is 16.1 Å². The second-order valence-corrected chi connectivity index (χ2v) is 15.0. The summed E-state index contributed by atoms with van der Waals surface area (Å²) in [6.07, 6.45) is 3.20. The van der Waals surface area contributed by atoms with E-state index in [1.54, 1.807) is 24.3 Å². The van der Waals surface area contributed by atoms with Gasteiger partial charge in [0.15, 0.2) is 5.13 Å². The topological polar surface area (TPSA) is 132 Å². The molecule has 0 atom stereocenters. The minimum absolute atomic E-state index is 0.0903. The molecule has 0 radical (unpaired) electrons. The standard InChI is InChI=1S/C34H38ClN5O5S2/c1-47(44,45)38-28-14-12-27(13-15-28)30-31(35)46-32(36-30)37-33(41)39(20-16-24-17-21-40(22-18-24)34(42)43)23-19-29(25-8-4-2-5-9-25)26-10-6-3-7-11-26/h2-15,24,29,38H,16-23H2,1H3,(H,42,43)(H,36,37,41). The van der Waals surface area contributed by atoms with Crippen LogP contribution in [0.3, 0.4) is 0 Å². The number of carboxylic acid groups (broad SMARTS) is 1. The van der Waals surface area contributed by atoms with Crippen LogP contribution >= 0.6 is 22.9 Å². The third kappa shape index (κ3) is 9.69. The summed E-state index contributed by atoms with van der Waals surface area (Å²) in [6, 6.07) is 27.0. The van der Waals surface area contributed by atoms with Crippen molar-refractivity contribution in [3.05, 3.63) is 100 Å². The average molecular weight is 696 g/mol. The van der Waals surface area contributed by atoms with E-state index in [1.165, 1.54) is 16.0 Å². The van der Waals surface area contributed by atoms with Crippen LogP contribution in [0.2, 0.25) is 4.34 Å². The van der Waals surface area contributed by atoms with Gasteiger partial charge in [0.25, 0.3) is 0 Å². The van der Waals surface area contributed by atoms with Gasteiger partial charge in [-0.3, -0.25) is 10.0 Å². The Morgan fingerprint density at radius 3 is 2.13 bits per heavy atom. The van der Waals surface area contributed by atoms with E-state index in [1.807, 2.05) is 41.3 Å². The summed E-state index contributed by atoms with van der Waals surface area (Å²) in [7, 11) is -3.41. The van der Waals surface area contributed by atoms with E-state index in [4.69, 9.17) is 11.6 Å². The number of likely N-dealkylation sites (tertiary alicyclic amines) is 1. The molecule has 4 aromatic rings. The van der Waals surface area contributed by atoms with E-state index in [2.05, 4.69) is 39.3 Å². The van der Waals surface area contributed by atoms with Gasteiger partial charge in [-0.2, -0.15) is 0 Å².